The van der Waals surface area contributed by atoms with Crippen LogP contribution in [0.4, 0.5) is 0 Å². The summed E-state index contributed by atoms with van der Waals surface area (Å²) in [4.78, 5) is 14.6. The normalized spacial score (nSPS) is 27.1. The van der Waals surface area contributed by atoms with Crippen molar-refractivity contribution in [2.75, 3.05) is 26.8 Å². The molecule has 2 saturated heterocycles. The average molecular weight is 502 g/mol. The zero-order valence-electron chi connectivity index (χ0n) is 20.8. The molecule has 2 fully saturated rings. The second-order valence-corrected chi connectivity index (χ2v) is 10.2. The van der Waals surface area contributed by atoms with E-state index in [0.29, 0.717) is 37.4 Å². The average Bonchev–Trinajstić information content (AvgIpc) is 3.22. The van der Waals surface area contributed by atoms with E-state index in [9.17, 15) is 9.90 Å². The molecular formula is C28H36ClNO5. The standard InChI is InChI=1S/C28H36ClNO5/c1-4-34-23-9-6-19(7-10-23)14-21-15-20(8-11-25(21)29)26-17-22(31)16-24(35-26)18-30-13-5-12-28(30,2)27(32)33-3/h6-11,15,22,24,26,31H,4-5,12-14,16-18H2,1-3H3. The molecule has 2 aromatic rings. The summed E-state index contributed by atoms with van der Waals surface area (Å²) in [5.74, 6) is 0.646. The lowest BCUT2D eigenvalue weighted by atomic mass is 9.93. The molecule has 4 unspecified atom stereocenters. The molecule has 1 N–H and O–H groups in total. The number of aliphatic hydroxyl groups is 1. The highest BCUT2D eigenvalue weighted by Crippen LogP contribution is 2.36. The van der Waals surface area contributed by atoms with Gasteiger partial charge >= 0.3 is 5.97 Å². The number of methoxy groups -OCH3 is 1. The van der Waals surface area contributed by atoms with Gasteiger partial charge in [0.15, 0.2) is 0 Å². The molecule has 0 saturated carbocycles. The van der Waals surface area contributed by atoms with Crippen LogP contribution in [-0.4, -0.2) is 60.5 Å². The van der Waals surface area contributed by atoms with Gasteiger partial charge in [0, 0.05) is 24.4 Å². The lowest BCUT2D eigenvalue weighted by molar-refractivity contribution is -0.155. The zero-order chi connectivity index (χ0) is 25.0. The Morgan fingerprint density at radius 3 is 2.71 bits per heavy atom. The van der Waals surface area contributed by atoms with Gasteiger partial charge in [0.25, 0.3) is 0 Å². The van der Waals surface area contributed by atoms with Gasteiger partial charge in [-0.15, -0.1) is 0 Å². The van der Waals surface area contributed by atoms with Crippen LogP contribution in [-0.2, 0) is 20.7 Å². The Kier molecular flexibility index (Phi) is 8.38. The third-order valence-corrected chi connectivity index (χ3v) is 7.66. The Bertz CT molecular complexity index is 1010. The monoisotopic (exact) mass is 501 g/mol. The second-order valence-electron chi connectivity index (χ2n) is 9.79. The van der Waals surface area contributed by atoms with Gasteiger partial charge in [-0.3, -0.25) is 9.69 Å². The van der Waals surface area contributed by atoms with Crippen molar-refractivity contribution < 1.29 is 24.1 Å². The first kappa shape index (κ1) is 26.0. The number of ether oxygens (including phenoxy) is 3. The minimum absolute atomic E-state index is 0.170. The SMILES string of the molecule is CCOc1ccc(Cc2cc(C3CC(O)CC(CN4CCCC4(C)C(=O)OC)O3)ccc2Cl)cc1. The van der Waals surface area contributed by atoms with E-state index < -0.39 is 11.6 Å². The number of rotatable bonds is 8. The molecule has 0 bridgehead atoms. The van der Waals surface area contributed by atoms with E-state index >= 15 is 0 Å². The van der Waals surface area contributed by atoms with Crippen molar-refractivity contribution in [2.24, 2.45) is 0 Å². The molecule has 2 aliphatic heterocycles. The van der Waals surface area contributed by atoms with Gasteiger partial charge in [-0.1, -0.05) is 35.9 Å². The van der Waals surface area contributed by atoms with E-state index in [1.165, 1.54) is 7.11 Å². The molecule has 2 heterocycles. The van der Waals surface area contributed by atoms with Crippen LogP contribution in [0.2, 0.25) is 5.02 Å². The van der Waals surface area contributed by atoms with Crippen molar-refractivity contribution in [3.8, 4) is 5.75 Å². The summed E-state index contributed by atoms with van der Waals surface area (Å²) in [6, 6.07) is 14.0. The largest absolute Gasteiger partial charge is 0.494 e. The summed E-state index contributed by atoms with van der Waals surface area (Å²) in [5.41, 5.74) is 2.54. The minimum Gasteiger partial charge on any atom is -0.494 e. The summed E-state index contributed by atoms with van der Waals surface area (Å²) < 4.78 is 17.1. The van der Waals surface area contributed by atoms with Crippen LogP contribution in [0, 0.1) is 0 Å². The van der Waals surface area contributed by atoms with E-state index in [1.54, 1.807) is 0 Å². The summed E-state index contributed by atoms with van der Waals surface area (Å²) in [6.07, 6.45) is 2.63. The maximum atomic E-state index is 12.4. The highest BCUT2D eigenvalue weighted by molar-refractivity contribution is 6.31. The number of benzene rings is 2. The van der Waals surface area contributed by atoms with Crippen molar-refractivity contribution in [3.63, 3.8) is 0 Å². The molecule has 7 heteroatoms. The first-order chi connectivity index (χ1) is 16.8. The number of aliphatic hydroxyl groups excluding tert-OH is 1. The van der Waals surface area contributed by atoms with Gasteiger partial charge in [-0.2, -0.15) is 0 Å². The number of hydrogen-bond acceptors (Lipinski definition) is 6. The zero-order valence-corrected chi connectivity index (χ0v) is 21.6. The van der Waals surface area contributed by atoms with Crippen LogP contribution in [0.1, 0.15) is 62.3 Å². The number of likely N-dealkylation sites (tertiary alicyclic amines) is 1. The number of nitrogens with zero attached hydrogens (tertiary/aromatic N) is 1. The maximum absolute atomic E-state index is 12.4. The molecule has 4 atom stereocenters. The third kappa shape index (κ3) is 6.00. The molecule has 190 valence electrons. The quantitative estimate of drug-likeness (QED) is 0.517. The molecule has 0 amide bonds. The number of hydrogen-bond donors (Lipinski definition) is 1. The first-order valence-electron chi connectivity index (χ1n) is 12.5. The van der Waals surface area contributed by atoms with Gasteiger partial charge < -0.3 is 19.3 Å². The molecule has 0 aromatic heterocycles. The molecule has 6 nitrogen and oxygen atoms in total. The lowest BCUT2D eigenvalue weighted by Gasteiger charge is -2.39. The number of carbonyl (C=O) groups excluding carboxylic acids is 1. The van der Waals surface area contributed by atoms with Crippen LogP contribution in [0.5, 0.6) is 5.75 Å². The Morgan fingerprint density at radius 2 is 2.00 bits per heavy atom. The van der Waals surface area contributed by atoms with Gasteiger partial charge in [-0.05, 0) is 74.5 Å². The fourth-order valence-electron chi connectivity index (χ4n) is 5.35. The molecule has 0 spiro atoms. The van der Waals surface area contributed by atoms with E-state index in [-0.39, 0.29) is 18.2 Å². The summed E-state index contributed by atoms with van der Waals surface area (Å²) in [7, 11) is 1.44. The maximum Gasteiger partial charge on any atom is 0.325 e. The van der Waals surface area contributed by atoms with Gasteiger partial charge in [0.1, 0.15) is 11.3 Å². The summed E-state index contributed by atoms with van der Waals surface area (Å²) in [5, 5.41) is 11.4. The highest BCUT2D eigenvalue weighted by Gasteiger charge is 2.45. The molecule has 2 aliphatic rings. The fourth-order valence-corrected chi connectivity index (χ4v) is 5.54. The molecule has 35 heavy (non-hydrogen) atoms. The summed E-state index contributed by atoms with van der Waals surface area (Å²) in [6.45, 7) is 5.96. The Hall–Kier alpha value is -2.12. The molecule has 4 rings (SSSR count). The van der Waals surface area contributed by atoms with Gasteiger partial charge in [-0.25, -0.2) is 0 Å². The number of esters is 1. The molecule has 2 aromatic carbocycles. The number of carbonyl (C=O) groups is 1. The van der Waals surface area contributed by atoms with Gasteiger partial charge in [0.2, 0.25) is 0 Å². The lowest BCUT2D eigenvalue weighted by Crippen LogP contribution is -2.52. The van der Waals surface area contributed by atoms with E-state index in [2.05, 4.69) is 23.1 Å². The first-order valence-corrected chi connectivity index (χ1v) is 12.9. The molecular weight excluding hydrogens is 466 g/mol. The van der Waals surface area contributed by atoms with E-state index in [4.69, 9.17) is 25.8 Å². The predicted molar refractivity (Wildman–Crippen MR) is 136 cm³/mol. The van der Waals surface area contributed by atoms with Crippen LogP contribution in [0.3, 0.4) is 0 Å². The van der Waals surface area contributed by atoms with Crippen LogP contribution >= 0.6 is 11.6 Å². The highest BCUT2D eigenvalue weighted by atomic mass is 35.5. The van der Waals surface area contributed by atoms with Crippen molar-refractivity contribution in [2.45, 2.75) is 69.8 Å². The van der Waals surface area contributed by atoms with Gasteiger partial charge in [0.05, 0.1) is 32.0 Å². The topological polar surface area (TPSA) is 68.2 Å². The van der Waals surface area contributed by atoms with E-state index in [0.717, 1.165) is 41.8 Å². The molecule has 0 radical (unpaired) electrons. The third-order valence-electron chi connectivity index (χ3n) is 7.29. The smallest absolute Gasteiger partial charge is 0.325 e. The Balaban J connectivity index is 1.47. The Morgan fingerprint density at radius 1 is 1.23 bits per heavy atom. The fraction of sp³-hybridized carbons (Fsp3) is 0.536. The van der Waals surface area contributed by atoms with E-state index in [1.807, 2.05) is 38.1 Å². The Labute approximate surface area is 213 Å². The van der Waals surface area contributed by atoms with Crippen molar-refractivity contribution in [1.29, 1.82) is 0 Å². The summed E-state index contributed by atoms with van der Waals surface area (Å²) >= 11 is 6.55. The number of halogens is 1. The second kappa shape index (κ2) is 11.3. The van der Waals surface area contributed by atoms with Crippen LogP contribution in [0.15, 0.2) is 42.5 Å². The minimum atomic E-state index is -0.638. The predicted octanol–water partition coefficient (Wildman–Crippen LogP) is 4.94. The van der Waals surface area contributed by atoms with Crippen molar-refractivity contribution in [3.05, 3.63) is 64.2 Å². The van der Waals surface area contributed by atoms with Crippen molar-refractivity contribution >= 4 is 17.6 Å². The van der Waals surface area contributed by atoms with Crippen LogP contribution in [0.25, 0.3) is 0 Å². The van der Waals surface area contributed by atoms with Crippen molar-refractivity contribution in [1.82, 2.24) is 4.90 Å². The van der Waals surface area contributed by atoms with Crippen LogP contribution < -0.4 is 4.74 Å². The molecule has 0 aliphatic carbocycles.